The number of phenols is 4. The molecule has 0 bridgehead atoms. The average Bonchev–Trinajstić information content (AvgIpc) is 3.04. The second kappa shape index (κ2) is 19.2. The second-order valence-electron chi connectivity index (χ2n) is 13.9. The maximum Gasteiger partial charge on any atom is 0.341 e. The van der Waals surface area contributed by atoms with Gasteiger partial charge >= 0.3 is 11.9 Å². The standard InChI is InChI=1S/C21H28O4.C11H14O4.C10H16O/c1-6-7-14-11-17(22)19(20(23)18(14)21(24)25-5)16-10-13(4)8-9-15(16)12(2)3;1-3-4-7-5-8(12)6-9(13)10(7)11(14)15-2;1-8(2)9-4-6-10(3,11)7-5-9/h10-11,15-16,22-23H,2,6-9H2,1,3-5H3;5-6,12-13H,3-4H2,1-2H3;4,6,9,11H,1,5,7H2,2-3H3/t15-,16+;;9-,10?/m0.0/s1. The van der Waals surface area contributed by atoms with Gasteiger partial charge in [0.25, 0.3) is 0 Å². The average molecular weight is 707 g/mol. The molecule has 4 rings (SSSR count). The molecular weight excluding hydrogens is 648 g/mol. The van der Waals surface area contributed by atoms with E-state index in [1.54, 1.807) is 6.07 Å². The fourth-order valence-corrected chi connectivity index (χ4v) is 6.59. The molecular formula is C42H58O9. The van der Waals surface area contributed by atoms with Gasteiger partial charge in [-0.1, -0.05) is 74.8 Å². The lowest BCUT2D eigenvalue weighted by atomic mass is 9.73. The van der Waals surface area contributed by atoms with Gasteiger partial charge in [0.1, 0.15) is 34.1 Å². The highest BCUT2D eigenvalue weighted by Crippen LogP contribution is 2.48. The van der Waals surface area contributed by atoms with Gasteiger partial charge in [0.2, 0.25) is 0 Å². The van der Waals surface area contributed by atoms with Crippen LogP contribution >= 0.6 is 0 Å². The van der Waals surface area contributed by atoms with E-state index in [0.29, 0.717) is 35.4 Å². The number of rotatable bonds is 9. The van der Waals surface area contributed by atoms with Crippen molar-refractivity contribution < 1.29 is 44.6 Å². The van der Waals surface area contributed by atoms with Crippen LogP contribution in [0.4, 0.5) is 0 Å². The summed E-state index contributed by atoms with van der Waals surface area (Å²) >= 11 is 0. The van der Waals surface area contributed by atoms with Gasteiger partial charge in [0, 0.05) is 17.5 Å². The minimum Gasteiger partial charge on any atom is -0.508 e. The Bertz CT molecular complexity index is 1630. The maximum absolute atomic E-state index is 12.3. The summed E-state index contributed by atoms with van der Waals surface area (Å²) in [5.41, 5.74) is 4.73. The highest BCUT2D eigenvalue weighted by atomic mass is 16.5. The molecule has 2 aliphatic rings. The number of methoxy groups -OCH3 is 2. The normalized spacial score (nSPS) is 20.8. The molecule has 0 fully saturated rings. The molecule has 2 aromatic rings. The van der Waals surface area contributed by atoms with Crippen molar-refractivity contribution in [1.82, 2.24) is 0 Å². The molecule has 9 nitrogen and oxygen atoms in total. The van der Waals surface area contributed by atoms with Crippen LogP contribution in [-0.4, -0.2) is 57.3 Å². The zero-order chi connectivity index (χ0) is 38.6. The number of hydrogen-bond acceptors (Lipinski definition) is 9. The van der Waals surface area contributed by atoms with Crippen LogP contribution in [0.25, 0.3) is 0 Å². The van der Waals surface area contributed by atoms with E-state index in [0.717, 1.165) is 50.2 Å². The van der Waals surface area contributed by atoms with E-state index in [9.17, 15) is 35.1 Å². The van der Waals surface area contributed by atoms with Crippen molar-refractivity contribution in [2.24, 2.45) is 11.8 Å². The highest BCUT2D eigenvalue weighted by Gasteiger charge is 2.33. The number of esters is 2. The topological polar surface area (TPSA) is 154 Å². The van der Waals surface area contributed by atoms with Gasteiger partial charge in [-0.3, -0.25) is 0 Å². The molecule has 2 aliphatic carbocycles. The van der Waals surface area contributed by atoms with Gasteiger partial charge in [-0.15, -0.1) is 0 Å². The predicted molar refractivity (Wildman–Crippen MR) is 202 cm³/mol. The number of benzene rings is 2. The van der Waals surface area contributed by atoms with E-state index < -0.39 is 17.5 Å². The summed E-state index contributed by atoms with van der Waals surface area (Å²) in [5.74, 6) is -1.22. The van der Waals surface area contributed by atoms with Crippen LogP contribution in [0.1, 0.15) is 123 Å². The van der Waals surface area contributed by atoms with Crippen LogP contribution in [0.15, 0.2) is 66.3 Å². The third-order valence-electron chi connectivity index (χ3n) is 9.40. The maximum atomic E-state index is 12.3. The Hall–Kier alpha value is -4.50. The molecule has 5 N–H and O–H groups in total. The molecule has 0 radical (unpaired) electrons. The largest absolute Gasteiger partial charge is 0.508 e. The molecule has 280 valence electrons. The molecule has 0 amide bonds. The first-order valence-corrected chi connectivity index (χ1v) is 17.6. The van der Waals surface area contributed by atoms with Gasteiger partial charge in [0.15, 0.2) is 0 Å². The smallest absolute Gasteiger partial charge is 0.341 e. The molecule has 0 heterocycles. The van der Waals surface area contributed by atoms with Crippen molar-refractivity contribution in [2.45, 2.75) is 104 Å². The van der Waals surface area contributed by atoms with E-state index >= 15 is 0 Å². The molecule has 0 spiro atoms. The molecule has 9 heteroatoms. The van der Waals surface area contributed by atoms with Crippen LogP contribution in [0, 0.1) is 11.8 Å². The van der Waals surface area contributed by atoms with Crippen molar-refractivity contribution >= 4 is 11.9 Å². The molecule has 51 heavy (non-hydrogen) atoms. The fourth-order valence-electron chi connectivity index (χ4n) is 6.59. The minimum atomic E-state index is -0.587. The van der Waals surface area contributed by atoms with Crippen LogP contribution in [0.5, 0.6) is 23.0 Å². The van der Waals surface area contributed by atoms with Crippen molar-refractivity contribution in [3.05, 3.63) is 94.1 Å². The Balaban J connectivity index is 0.000000293. The number of ether oxygens (including phenoxy) is 2. The van der Waals surface area contributed by atoms with Gasteiger partial charge in [-0.25, -0.2) is 9.59 Å². The van der Waals surface area contributed by atoms with Crippen molar-refractivity contribution in [1.29, 1.82) is 0 Å². The summed E-state index contributed by atoms with van der Waals surface area (Å²) < 4.78 is 9.43. The van der Waals surface area contributed by atoms with Crippen molar-refractivity contribution in [3.8, 4) is 23.0 Å². The molecule has 0 saturated carbocycles. The third kappa shape index (κ3) is 11.5. The van der Waals surface area contributed by atoms with Crippen molar-refractivity contribution in [2.75, 3.05) is 14.2 Å². The van der Waals surface area contributed by atoms with Crippen LogP contribution in [-0.2, 0) is 22.3 Å². The van der Waals surface area contributed by atoms with Gasteiger partial charge in [-0.05, 0) is 101 Å². The van der Waals surface area contributed by atoms with E-state index in [1.807, 2.05) is 47.6 Å². The monoisotopic (exact) mass is 706 g/mol. The lowest BCUT2D eigenvalue weighted by Crippen LogP contribution is -2.25. The Morgan fingerprint density at radius 2 is 1.43 bits per heavy atom. The summed E-state index contributed by atoms with van der Waals surface area (Å²) in [5, 5.41) is 49.9. The summed E-state index contributed by atoms with van der Waals surface area (Å²) in [6.45, 7) is 19.8. The van der Waals surface area contributed by atoms with Gasteiger partial charge in [0.05, 0.1) is 19.8 Å². The Morgan fingerprint density at radius 1 is 0.863 bits per heavy atom. The number of aryl methyl sites for hydroxylation is 2. The zero-order valence-electron chi connectivity index (χ0n) is 31.6. The first-order valence-electron chi connectivity index (χ1n) is 17.6. The van der Waals surface area contributed by atoms with E-state index in [2.05, 4.69) is 30.0 Å². The van der Waals surface area contributed by atoms with Crippen LogP contribution in [0.3, 0.4) is 0 Å². The SMILES string of the molecule is C=C(C)[C@@H]1CCC(C)=C[C@H]1c1c(O)cc(CCC)c(C(=O)OC)c1O.C=C(C)[C@H]1C=CC(C)(O)CC1.CCCc1cc(O)cc(O)c1C(=O)OC. The van der Waals surface area contributed by atoms with E-state index in [4.69, 9.17) is 4.74 Å². The summed E-state index contributed by atoms with van der Waals surface area (Å²) in [6, 6.07) is 4.19. The predicted octanol–water partition coefficient (Wildman–Crippen LogP) is 8.97. The molecule has 1 unspecified atom stereocenters. The summed E-state index contributed by atoms with van der Waals surface area (Å²) in [4.78, 5) is 23.6. The Labute approximate surface area is 303 Å². The first kappa shape index (κ1) is 42.7. The summed E-state index contributed by atoms with van der Waals surface area (Å²) in [6.07, 6.45) is 12.5. The fraction of sp³-hybridized carbons (Fsp3) is 0.476. The number of carbonyl (C=O) groups excluding carboxylic acids is 2. The summed E-state index contributed by atoms with van der Waals surface area (Å²) in [7, 11) is 2.55. The van der Waals surface area contributed by atoms with E-state index in [-0.39, 0.29) is 46.0 Å². The minimum absolute atomic E-state index is 0.0239. The van der Waals surface area contributed by atoms with E-state index in [1.165, 1.54) is 31.4 Å². The Kier molecular flexibility index (Phi) is 16.1. The van der Waals surface area contributed by atoms with Crippen LogP contribution < -0.4 is 0 Å². The molecule has 0 saturated heterocycles. The number of carbonyl (C=O) groups is 2. The second-order valence-corrected chi connectivity index (χ2v) is 13.9. The highest BCUT2D eigenvalue weighted by molar-refractivity contribution is 5.95. The molecule has 2 aromatic carbocycles. The van der Waals surface area contributed by atoms with Crippen LogP contribution in [0.2, 0.25) is 0 Å². The lowest BCUT2D eigenvalue weighted by molar-refractivity contribution is 0.0586. The van der Waals surface area contributed by atoms with Crippen molar-refractivity contribution in [3.63, 3.8) is 0 Å². The molecule has 4 atom stereocenters. The molecule has 0 aromatic heterocycles. The van der Waals surface area contributed by atoms with Gasteiger partial charge < -0.3 is 35.0 Å². The number of phenolic OH excluding ortho intramolecular Hbond substituents is 4. The quantitative estimate of drug-likeness (QED) is 0.127. The van der Waals surface area contributed by atoms with Gasteiger partial charge in [-0.2, -0.15) is 0 Å². The third-order valence-corrected chi connectivity index (χ3v) is 9.40. The number of allylic oxidation sites excluding steroid dienone is 5. The zero-order valence-corrected chi connectivity index (χ0v) is 31.6. The number of hydrogen-bond donors (Lipinski definition) is 5. The number of aliphatic hydroxyl groups is 1. The lowest BCUT2D eigenvalue weighted by Gasteiger charge is -2.32. The number of aromatic hydroxyl groups is 4. The Morgan fingerprint density at radius 3 is 1.92 bits per heavy atom. The first-order chi connectivity index (χ1) is 23.9. The molecule has 0 aliphatic heterocycles.